The van der Waals surface area contributed by atoms with E-state index < -0.39 is 0 Å². The summed E-state index contributed by atoms with van der Waals surface area (Å²) < 4.78 is 16.7. The molecule has 1 nitrogen and oxygen atoms in total. The van der Waals surface area contributed by atoms with Crippen LogP contribution in [0.5, 0.6) is 0 Å². The molecule has 19 heavy (non-hydrogen) atoms. The predicted octanol–water partition coefficient (Wildman–Crippen LogP) is 6.49. The highest BCUT2D eigenvalue weighted by Crippen LogP contribution is 2.35. The smallest absolute Gasteiger partial charge is 0.137 e. The van der Waals surface area contributed by atoms with Crippen molar-refractivity contribution in [2.45, 2.75) is 6.54 Å². The van der Waals surface area contributed by atoms with E-state index in [1.54, 1.807) is 6.07 Å². The number of rotatable bonds is 3. The maximum absolute atomic E-state index is 13.4. The number of halogens is 5. The van der Waals surface area contributed by atoms with Crippen molar-refractivity contribution in [1.29, 1.82) is 0 Å². The molecule has 0 saturated heterocycles. The summed E-state index contributed by atoms with van der Waals surface area (Å²) >= 11 is 13.7. The third-order valence-corrected chi connectivity index (χ3v) is 5.09. The fraction of sp³-hybridized carbons (Fsp3) is 0.0769. The monoisotopic (exact) mass is 513 g/mol. The molecule has 0 aliphatic rings. The minimum absolute atomic E-state index is 0.256. The van der Waals surface area contributed by atoms with E-state index in [2.05, 4.69) is 69.0 Å². The lowest BCUT2D eigenvalue weighted by molar-refractivity contribution is 0.618. The summed E-state index contributed by atoms with van der Waals surface area (Å²) in [4.78, 5) is 0. The van der Waals surface area contributed by atoms with Crippen LogP contribution in [-0.2, 0) is 6.54 Å². The third-order valence-electron chi connectivity index (χ3n) is 2.49. The normalized spacial score (nSPS) is 10.6. The van der Waals surface area contributed by atoms with Gasteiger partial charge in [0.2, 0.25) is 0 Å². The van der Waals surface area contributed by atoms with Crippen molar-refractivity contribution < 1.29 is 4.39 Å². The van der Waals surface area contributed by atoms with E-state index in [0.29, 0.717) is 11.0 Å². The van der Waals surface area contributed by atoms with Gasteiger partial charge in [-0.05, 0) is 71.6 Å². The topological polar surface area (TPSA) is 12.0 Å². The van der Waals surface area contributed by atoms with E-state index in [4.69, 9.17) is 0 Å². The largest absolute Gasteiger partial charge is 0.379 e. The molecule has 0 unspecified atom stereocenters. The molecule has 2 rings (SSSR count). The van der Waals surface area contributed by atoms with Crippen molar-refractivity contribution in [3.8, 4) is 0 Å². The van der Waals surface area contributed by atoms with Crippen LogP contribution in [0.2, 0.25) is 0 Å². The second-order valence-electron chi connectivity index (χ2n) is 3.81. The molecular formula is C13H8Br4FN. The second-order valence-corrected chi connectivity index (χ2v) is 7.23. The van der Waals surface area contributed by atoms with Crippen LogP contribution in [0.4, 0.5) is 10.1 Å². The molecule has 0 atom stereocenters. The summed E-state index contributed by atoms with van der Waals surface area (Å²) in [6, 6.07) is 8.91. The fourth-order valence-corrected chi connectivity index (χ4v) is 4.52. The van der Waals surface area contributed by atoms with Gasteiger partial charge in [0, 0.05) is 20.0 Å². The van der Waals surface area contributed by atoms with Gasteiger partial charge >= 0.3 is 0 Å². The first-order chi connectivity index (χ1) is 8.99. The van der Waals surface area contributed by atoms with Gasteiger partial charge in [0.25, 0.3) is 0 Å². The fourth-order valence-electron chi connectivity index (χ4n) is 1.58. The zero-order valence-corrected chi connectivity index (χ0v) is 15.8. The highest BCUT2D eigenvalue weighted by Gasteiger charge is 2.09. The van der Waals surface area contributed by atoms with E-state index in [-0.39, 0.29) is 5.82 Å². The number of benzene rings is 2. The van der Waals surface area contributed by atoms with E-state index in [1.807, 2.05) is 18.2 Å². The van der Waals surface area contributed by atoms with Crippen LogP contribution in [0.3, 0.4) is 0 Å². The number of nitrogens with one attached hydrogen (secondary N) is 1. The first kappa shape index (κ1) is 15.5. The molecule has 0 amide bonds. The summed E-state index contributed by atoms with van der Waals surface area (Å²) in [6.07, 6.45) is 0. The Morgan fingerprint density at radius 1 is 1.00 bits per heavy atom. The van der Waals surface area contributed by atoms with Crippen LogP contribution in [-0.4, -0.2) is 0 Å². The average Bonchev–Trinajstić information content (AvgIpc) is 2.33. The molecular weight excluding hydrogens is 509 g/mol. The Kier molecular flexibility index (Phi) is 5.45. The van der Waals surface area contributed by atoms with Crippen LogP contribution in [0.1, 0.15) is 5.56 Å². The second kappa shape index (κ2) is 6.70. The maximum Gasteiger partial charge on any atom is 0.137 e. The van der Waals surface area contributed by atoms with Gasteiger partial charge in [-0.25, -0.2) is 4.39 Å². The third kappa shape index (κ3) is 3.80. The quantitative estimate of drug-likeness (QED) is 0.492. The van der Waals surface area contributed by atoms with E-state index in [9.17, 15) is 4.39 Å². The van der Waals surface area contributed by atoms with Crippen LogP contribution in [0, 0.1) is 5.82 Å². The van der Waals surface area contributed by atoms with Crippen molar-refractivity contribution in [2.24, 2.45) is 0 Å². The van der Waals surface area contributed by atoms with Crippen molar-refractivity contribution in [3.05, 3.63) is 59.6 Å². The average molecular weight is 517 g/mol. The summed E-state index contributed by atoms with van der Waals surface area (Å²) in [7, 11) is 0. The Balaban J connectivity index is 2.22. The molecule has 0 aliphatic heterocycles. The van der Waals surface area contributed by atoms with Crippen LogP contribution in [0.25, 0.3) is 0 Å². The van der Waals surface area contributed by atoms with E-state index in [0.717, 1.165) is 24.7 Å². The molecule has 0 aromatic heterocycles. The van der Waals surface area contributed by atoms with Crippen LogP contribution >= 0.6 is 63.7 Å². The zero-order chi connectivity index (χ0) is 14.0. The minimum atomic E-state index is -0.256. The Hall–Kier alpha value is 0.0900. The highest BCUT2D eigenvalue weighted by molar-refractivity contribution is 9.11. The lowest BCUT2D eigenvalue weighted by Gasteiger charge is -2.12. The lowest BCUT2D eigenvalue weighted by atomic mass is 10.2. The highest BCUT2D eigenvalue weighted by atomic mass is 79.9. The summed E-state index contributed by atoms with van der Waals surface area (Å²) in [6.45, 7) is 0.525. The van der Waals surface area contributed by atoms with Gasteiger partial charge in [-0.15, -0.1) is 0 Å². The van der Waals surface area contributed by atoms with Gasteiger partial charge in [0.05, 0.1) is 10.2 Å². The molecule has 2 aromatic rings. The number of hydrogen-bond donors (Lipinski definition) is 1. The maximum atomic E-state index is 13.4. The van der Waals surface area contributed by atoms with Gasteiger partial charge in [-0.2, -0.15) is 0 Å². The number of anilines is 1. The Morgan fingerprint density at radius 3 is 2.26 bits per heavy atom. The first-order valence-electron chi connectivity index (χ1n) is 5.30. The Morgan fingerprint density at radius 2 is 1.63 bits per heavy atom. The van der Waals surface area contributed by atoms with Gasteiger partial charge in [-0.3, -0.25) is 0 Å². The van der Waals surface area contributed by atoms with Crippen LogP contribution < -0.4 is 5.32 Å². The standard InChI is InChI=1S/C13H8Br4FN/c14-8-4-9(15)13(10(16)5-8)19-6-7-2-1-3-11(18)12(7)17/h1-5,19H,6H2. The molecule has 6 heteroatoms. The van der Waals surface area contributed by atoms with Gasteiger partial charge < -0.3 is 5.32 Å². The van der Waals surface area contributed by atoms with Crippen molar-refractivity contribution in [2.75, 3.05) is 5.32 Å². The first-order valence-corrected chi connectivity index (χ1v) is 8.47. The molecule has 0 heterocycles. The molecule has 0 spiro atoms. The van der Waals surface area contributed by atoms with Gasteiger partial charge in [0.15, 0.2) is 0 Å². The number of hydrogen-bond acceptors (Lipinski definition) is 1. The summed E-state index contributed by atoms with van der Waals surface area (Å²) in [5.74, 6) is -0.256. The Bertz CT molecular complexity index is 593. The van der Waals surface area contributed by atoms with E-state index in [1.165, 1.54) is 6.07 Å². The molecule has 100 valence electrons. The molecule has 0 radical (unpaired) electrons. The minimum Gasteiger partial charge on any atom is -0.379 e. The SMILES string of the molecule is Fc1cccc(CNc2c(Br)cc(Br)cc2Br)c1Br. The molecule has 0 aliphatic carbocycles. The van der Waals surface area contributed by atoms with E-state index >= 15 is 0 Å². The lowest BCUT2D eigenvalue weighted by Crippen LogP contribution is -2.02. The van der Waals surface area contributed by atoms with Gasteiger partial charge in [0.1, 0.15) is 5.82 Å². The predicted molar refractivity (Wildman–Crippen MR) is 91.0 cm³/mol. The molecule has 0 saturated carbocycles. The van der Waals surface area contributed by atoms with Crippen molar-refractivity contribution in [1.82, 2.24) is 0 Å². The van der Waals surface area contributed by atoms with Crippen molar-refractivity contribution in [3.63, 3.8) is 0 Å². The summed E-state index contributed by atoms with van der Waals surface area (Å²) in [5, 5.41) is 3.28. The molecule has 0 fully saturated rings. The summed E-state index contributed by atoms with van der Waals surface area (Å²) in [5.41, 5.74) is 1.79. The Labute approximate surface area is 144 Å². The molecule has 1 N–H and O–H groups in total. The molecule has 2 aromatic carbocycles. The van der Waals surface area contributed by atoms with Crippen molar-refractivity contribution >= 4 is 69.4 Å². The zero-order valence-electron chi connectivity index (χ0n) is 9.48. The molecule has 0 bridgehead atoms. The van der Waals surface area contributed by atoms with Crippen LogP contribution in [0.15, 0.2) is 48.2 Å². The van der Waals surface area contributed by atoms with Gasteiger partial charge in [-0.1, -0.05) is 28.1 Å².